The second-order valence-electron chi connectivity index (χ2n) is 2.93. The summed E-state index contributed by atoms with van der Waals surface area (Å²) in [7, 11) is 0. The summed E-state index contributed by atoms with van der Waals surface area (Å²) in [6.07, 6.45) is 1.11. The van der Waals surface area contributed by atoms with E-state index in [1.807, 2.05) is 0 Å². The van der Waals surface area contributed by atoms with Crippen LogP contribution in [0.15, 0.2) is 18.3 Å². The Balaban J connectivity index is 2.72. The molecular formula is C8H10N4O3. The summed E-state index contributed by atoms with van der Waals surface area (Å²) in [6.45, 7) is 1.57. The molecular weight excluding hydrogens is 200 g/mol. The third-order valence-electron chi connectivity index (χ3n) is 1.75. The van der Waals surface area contributed by atoms with Crippen molar-refractivity contribution in [2.45, 2.75) is 13.0 Å². The van der Waals surface area contributed by atoms with Crippen LogP contribution < -0.4 is 11.1 Å². The highest BCUT2D eigenvalue weighted by atomic mass is 16.6. The second-order valence-corrected chi connectivity index (χ2v) is 2.93. The van der Waals surface area contributed by atoms with Gasteiger partial charge in [-0.1, -0.05) is 0 Å². The Kier molecular flexibility index (Phi) is 3.17. The molecule has 0 aliphatic carbocycles. The predicted octanol–water partition coefficient (Wildman–Crippen LogP) is 0.275. The molecule has 3 N–H and O–H groups in total. The van der Waals surface area contributed by atoms with Gasteiger partial charge in [-0.25, -0.2) is 4.98 Å². The number of nitrogens with zero attached hydrogens (tertiary/aromatic N) is 2. The lowest BCUT2D eigenvalue weighted by molar-refractivity contribution is -0.385. The molecule has 1 heterocycles. The van der Waals surface area contributed by atoms with Crippen LogP contribution in [0.3, 0.4) is 0 Å². The monoisotopic (exact) mass is 210 g/mol. The van der Waals surface area contributed by atoms with Crippen molar-refractivity contribution in [1.82, 2.24) is 4.98 Å². The number of pyridine rings is 1. The lowest BCUT2D eigenvalue weighted by atomic mass is 10.3. The Bertz CT molecular complexity index is 376. The molecule has 0 saturated carbocycles. The normalized spacial score (nSPS) is 11.8. The SMILES string of the molecule is C[C@H](Nc1ccc([N+](=O)[O-])cn1)C(N)=O. The summed E-state index contributed by atoms with van der Waals surface area (Å²) in [4.78, 5) is 24.2. The van der Waals surface area contributed by atoms with Crippen LogP contribution in [0.4, 0.5) is 11.5 Å². The number of hydrogen-bond donors (Lipinski definition) is 2. The zero-order valence-corrected chi connectivity index (χ0v) is 8.01. The highest BCUT2D eigenvalue weighted by Gasteiger charge is 2.10. The summed E-state index contributed by atoms with van der Waals surface area (Å²) in [5.74, 6) is -0.151. The first kappa shape index (κ1) is 10.9. The van der Waals surface area contributed by atoms with Crippen molar-refractivity contribution >= 4 is 17.4 Å². The number of hydrogen-bond acceptors (Lipinski definition) is 5. The standard InChI is InChI=1S/C8H10N4O3/c1-5(8(9)13)11-7-3-2-6(4-10-7)12(14)15/h2-5H,1H3,(H2,9,13)(H,10,11)/t5-/m0/s1. The van der Waals surface area contributed by atoms with Crippen molar-refractivity contribution in [3.8, 4) is 0 Å². The van der Waals surface area contributed by atoms with Crippen molar-refractivity contribution in [1.29, 1.82) is 0 Å². The molecule has 1 atom stereocenters. The van der Waals surface area contributed by atoms with Crippen LogP contribution in [0.5, 0.6) is 0 Å². The van der Waals surface area contributed by atoms with Crippen LogP contribution >= 0.6 is 0 Å². The average Bonchev–Trinajstić information content (AvgIpc) is 2.18. The number of nitrogens with one attached hydrogen (secondary N) is 1. The maximum absolute atomic E-state index is 10.7. The molecule has 0 aliphatic heterocycles. The maximum atomic E-state index is 10.7. The Labute approximate surface area is 85.5 Å². The molecule has 0 aromatic carbocycles. The van der Waals surface area contributed by atoms with E-state index in [1.165, 1.54) is 12.1 Å². The summed E-state index contributed by atoms with van der Waals surface area (Å²) < 4.78 is 0. The van der Waals surface area contributed by atoms with Gasteiger partial charge in [0, 0.05) is 6.07 Å². The average molecular weight is 210 g/mol. The molecule has 0 saturated heterocycles. The third-order valence-corrected chi connectivity index (χ3v) is 1.75. The summed E-state index contributed by atoms with van der Waals surface area (Å²) >= 11 is 0. The van der Waals surface area contributed by atoms with Crippen LogP contribution in [0, 0.1) is 10.1 Å². The van der Waals surface area contributed by atoms with E-state index >= 15 is 0 Å². The van der Waals surface area contributed by atoms with Crippen molar-refractivity contribution in [2.75, 3.05) is 5.32 Å². The number of aromatic nitrogens is 1. The molecule has 0 spiro atoms. The number of anilines is 1. The van der Waals surface area contributed by atoms with Crippen molar-refractivity contribution in [3.63, 3.8) is 0 Å². The fourth-order valence-corrected chi connectivity index (χ4v) is 0.872. The summed E-state index contributed by atoms with van der Waals surface area (Å²) in [5, 5.41) is 13.0. The van der Waals surface area contributed by atoms with E-state index in [9.17, 15) is 14.9 Å². The molecule has 1 aromatic heterocycles. The van der Waals surface area contributed by atoms with Crippen molar-refractivity contribution < 1.29 is 9.72 Å². The number of carbonyl (C=O) groups excluding carboxylic acids is 1. The number of nitro groups is 1. The van der Waals surface area contributed by atoms with Gasteiger partial charge in [0.05, 0.1) is 4.92 Å². The number of carbonyl (C=O) groups is 1. The Morgan fingerprint density at radius 1 is 1.67 bits per heavy atom. The first-order valence-electron chi connectivity index (χ1n) is 4.17. The Morgan fingerprint density at radius 3 is 2.73 bits per heavy atom. The highest BCUT2D eigenvalue weighted by molar-refractivity contribution is 5.82. The maximum Gasteiger partial charge on any atom is 0.287 e. The lowest BCUT2D eigenvalue weighted by Gasteiger charge is -2.09. The molecule has 7 heteroatoms. The molecule has 1 amide bonds. The van der Waals surface area contributed by atoms with Crippen molar-refractivity contribution in [3.05, 3.63) is 28.4 Å². The minimum absolute atomic E-state index is 0.104. The van der Waals surface area contributed by atoms with Gasteiger partial charge in [-0.15, -0.1) is 0 Å². The fraction of sp³-hybridized carbons (Fsp3) is 0.250. The molecule has 0 radical (unpaired) electrons. The van der Waals surface area contributed by atoms with E-state index in [2.05, 4.69) is 10.3 Å². The van der Waals surface area contributed by atoms with Crippen LogP contribution in [-0.2, 0) is 4.79 Å². The van der Waals surface area contributed by atoms with Gasteiger partial charge in [-0.3, -0.25) is 14.9 Å². The van der Waals surface area contributed by atoms with Crippen LogP contribution in [0.2, 0.25) is 0 Å². The van der Waals surface area contributed by atoms with Gasteiger partial charge in [0.25, 0.3) is 5.69 Å². The first-order chi connectivity index (χ1) is 7.00. The Morgan fingerprint density at radius 2 is 2.33 bits per heavy atom. The van der Waals surface area contributed by atoms with E-state index in [0.29, 0.717) is 5.82 Å². The van der Waals surface area contributed by atoms with E-state index in [0.717, 1.165) is 6.20 Å². The number of rotatable bonds is 4. The molecule has 15 heavy (non-hydrogen) atoms. The zero-order chi connectivity index (χ0) is 11.4. The quantitative estimate of drug-likeness (QED) is 0.547. The molecule has 7 nitrogen and oxygen atoms in total. The summed E-state index contributed by atoms with van der Waals surface area (Å²) in [5.41, 5.74) is 4.92. The van der Waals surface area contributed by atoms with E-state index < -0.39 is 16.9 Å². The topological polar surface area (TPSA) is 111 Å². The molecule has 0 fully saturated rings. The lowest BCUT2D eigenvalue weighted by Crippen LogP contribution is -2.32. The fourth-order valence-electron chi connectivity index (χ4n) is 0.872. The van der Waals surface area contributed by atoms with Gasteiger partial charge in [0.15, 0.2) is 0 Å². The molecule has 1 aromatic rings. The number of primary amides is 1. The molecule has 0 unspecified atom stereocenters. The zero-order valence-electron chi connectivity index (χ0n) is 8.01. The second kappa shape index (κ2) is 4.36. The predicted molar refractivity (Wildman–Crippen MR) is 53.2 cm³/mol. The molecule has 80 valence electrons. The summed E-state index contributed by atoms with van der Waals surface area (Å²) in [6, 6.07) is 2.14. The molecule has 1 rings (SSSR count). The molecule has 0 bridgehead atoms. The highest BCUT2D eigenvalue weighted by Crippen LogP contribution is 2.12. The molecule has 0 aliphatic rings. The van der Waals surface area contributed by atoms with Gasteiger partial charge in [-0.2, -0.15) is 0 Å². The van der Waals surface area contributed by atoms with Crippen LogP contribution in [0.1, 0.15) is 6.92 Å². The van der Waals surface area contributed by atoms with Gasteiger partial charge < -0.3 is 11.1 Å². The van der Waals surface area contributed by atoms with Gasteiger partial charge in [-0.05, 0) is 13.0 Å². The van der Waals surface area contributed by atoms with Crippen LogP contribution in [0.25, 0.3) is 0 Å². The Hall–Kier alpha value is -2.18. The third kappa shape index (κ3) is 2.90. The van der Waals surface area contributed by atoms with E-state index in [4.69, 9.17) is 5.73 Å². The van der Waals surface area contributed by atoms with Crippen LogP contribution in [-0.4, -0.2) is 21.9 Å². The van der Waals surface area contributed by atoms with Gasteiger partial charge in [0.1, 0.15) is 18.1 Å². The van der Waals surface area contributed by atoms with E-state index in [1.54, 1.807) is 6.92 Å². The first-order valence-corrected chi connectivity index (χ1v) is 4.17. The van der Waals surface area contributed by atoms with E-state index in [-0.39, 0.29) is 5.69 Å². The van der Waals surface area contributed by atoms with Gasteiger partial charge >= 0.3 is 0 Å². The largest absolute Gasteiger partial charge is 0.368 e. The minimum Gasteiger partial charge on any atom is -0.368 e. The van der Waals surface area contributed by atoms with Crippen molar-refractivity contribution in [2.24, 2.45) is 5.73 Å². The number of amides is 1. The van der Waals surface area contributed by atoms with Gasteiger partial charge in [0.2, 0.25) is 5.91 Å². The smallest absolute Gasteiger partial charge is 0.287 e. The minimum atomic E-state index is -0.570. The number of nitrogens with two attached hydrogens (primary N) is 1.